The second-order valence-electron chi connectivity index (χ2n) is 9.69. The molecule has 0 radical (unpaired) electrons. The minimum atomic E-state index is -0.475. The van der Waals surface area contributed by atoms with Crippen LogP contribution in [0.15, 0.2) is 42.7 Å². The number of hydrogen-bond donors (Lipinski definition) is 3. The van der Waals surface area contributed by atoms with E-state index in [2.05, 4.69) is 21.4 Å². The zero-order chi connectivity index (χ0) is 25.3. The number of fused-ring (bicyclic) bond motifs is 4. The van der Waals surface area contributed by atoms with Crippen LogP contribution in [0.4, 0.5) is 4.79 Å². The van der Waals surface area contributed by atoms with Gasteiger partial charge < -0.3 is 29.9 Å². The highest BCUT2D eigenvalue weighted by Crippen LogP contribution is 2.49. The molecule has 9 nitrogen and oxygen atoms in total. The van der Waals surface area contributed by atoms with Crippen LogP contribution in [0.3, 0.4) is 0 Å². The van der Waals surface area contributed by atoms with Crippen molar-refractivity contribution in [1.29, 1.82) is 0 Å². The Morgan fingerprint density at radius 3 is 2.64 bits per heavy atom. The van der Waals surface area contributed by atoms with Crippen LogP contribution in [0, 0.1) is 0 Å². The van der Waals surface area contributed by atoms with E-state index in [1.54, 1.807) is 36.5 Å². The zero-order valence-corrected chi connectivity index (χ0v) is 20.8. The number of amides is 3. The Kier molecular flexibility index (Phi) is 6.57. The lowest BCUT2D eigenvalue weighted by Crippen LogP contribution is -2.57. The molecular formula is C27H33N5O4. The van der Waals surface area contributed by atoms with Gasteiger partial charge in [0, 0.05) is 72.2 Å². The molecule has 0 aliphatic carbocycles. The standard InChI is InChI=1S/C27H33N5O4/c1-3-10-29-26(35)32-17-27(8-13-31(14-9-27)25(34)18-6-11-28-12-7-18)23-20-5-4-19(36-2)15-21(20)30-24(23)22(32)16-33/h4-7,11-12,15,22,30,33H,3,8-10,13-14,16-17H2,1-2H3,(H,29,35)/t22-/m1/s1. The molecule has 4 heterocycles. The summed E-state index contributed by atoms with van der Waals surface area (Å²) in [5.74, 6) is 0.740. The third kappa shape index (κ3) is 4.07. The van der Waals surface area contributed by atoms with Gasteiger partial charge in [-0.3, -0.25) is 9.78 Å². The lowest BCUT2D eigenvalue weighted by atomic mass is 9.68. The van der Waals surface area contributed by atoms with E-state index in [1.165, 1.54) is 0 Å². The number of ether oxygens (including phenoxy) is 1. The minimum Gasteiger partial charge on any atom is -0.497 e. The molecular weight excluding hydrogens is 458 g/mol. The molecule has 3 aromatic rings. The zero-order valence-electron chi connectivity index (χ0n) is 20.8. The predicted molar refractivity (Wildman–Crippen MR) is 136 cm³/mol. The van der Waals surface area contributed by atoms with Gasteiger partial charge in [-0.05, 0) is 49.1 Å². The predicted octanol–water partition coefficient (Wildman–Crippen LogP) is 3.21. The molecule has 2 aliphatic heterocycles. The van der Waals surface area contributed by atoms with E-state index >= 15 is 0 Å². The average Bonchev–Trinajstić information content (AvgIpc) is 3.31. The van der Waals surface area contributed by atoms with Crippen LogP contribution in [0.2, 0.25) is 0 Å². The fourth-order valence-electron chi connectivity index (χ4n) is 5.78. The van der Waals surface area contributed by atoms with Gasteiger partial charge in [-0.25, -0.2) is 4.79 Å². The highest BCUT2D eigenvalue weighted by Gasteiger charge is 2.49. The average molecular weight is 492 g/mol. The monoisotopic (exact) mass is 491 g/mol. The topological polar surface area (TPSA) is 111 Å². The molecule has 3 amide bonds. The number of likely N-dealkylation sites (tertiary alicyclic amines) is 1. The molecule has 0 unspecified atom stereocenters. The van der Waals surface area contributed by atoms with Crippen molar-refractivity contribution in [3.05, 3.63) is 59.5 Å². The van der Waals surface area contributed by atoms with Crippen molar-refractivity contribution < 1.29 is 19.4 Å². The van der Waals surface area contributed by atoms with Crippen LogP contribution in [0.5, 0.6) is 5.75 Å². The molecule has 2 aliphatic rings. The number of urea groups is 1. The minimum absolute atomic E-state index is 0.00211. The molecule has 1 saturated heterocycles. The third-order valence-electron chi connectivity index (χ3n) is 7.64. The highest BCUT2D eigenvalue weighted by molar-refractivity contribution is 5.94. The molecule has 1 atom stereocenters. The lowest BCUT2D eigenvalue weighted by Gasteiger charge is -2.50. The Bertz CT molecular complexity index is 1250. The SMILES string of the molecule is CCCNC(=O)N1CC2(CCN(C(=O)c3ccncc3)CC2)c2c([nH]c3cc(OC)ccc23)[C@H]1CO. The fourth-order valence-corrected chi connectivity index (χ4v) is 5.78. The molecule has 9 heteroatoms. The number of piperidine rings is 1. The quantitative estimate of drug-likeness (QED) is 0.508. The van der Waals surface area contributed by atoms with Crippen LogP contribution in [-0.2, 0) is 5.41 Å². The molecule has 1 spiro atoms. The maximum absolute atomic E-state index is 13.2. The summed E-state index contributed by atoms with van der Waals surface area (Å²) in [5, 5.41) is 14.5. The Balaban J connectivity index is 1.54. The number of carbonyl (C=O) groups excluding carboxylic acids is 2. The van der Waals surface area contributed by atoms with Crippen molar-refractivity contribution in [2.24, 2.45) is 0 Å². The van der Waals surface area contributed by atoms with E-state index in [-0.39, 0.29) is 24.0 Å². The van der Waals surface area contributed by atoms with Gasteiger partial charge in [-0.2, -0.15) is 0 Å². The molecule has 0 bridgehead atoms. The number of nitrogens with one attached hydrogen (secondary N) is 2. The number of methoxy groups -OCH3 is 1. The first-order chi connectivity index (χ1) is 17.5. The number of hydrogen-bond acceptors (Lipinski definition) is 5. The van der Waals surface area contributed by atoms with E-state index in [1.807, 2.05) is 24.0 Å². The van der Waals surface area contributed by atoms with E-state index in [0.717, 1.165) is 34.3 Å². The number of pyridine rings is 1. The largest absolute Gasteiger partial charge is 0.497 e. The van der Waals surface area contributed by atoms with Gasteiger partial charge in [0.25, 0.3) is 5.91 Å². The number of aliphatic hydroxyl groups is 1. The van der Waals surface area contributed by atoms with Gasteiger partial charge >= 0.3 is 6.03 Å². The summed E-state index contributed by atoms with van der Waals surface area (Å²) < 4.78 is 5.44. The molecule has 0 saturated carbocycles. The Morgan fingerprint density at radius 1 is 1.22 bits per heavy atom. The number of nitrogens with zero attached hydrogens (tertiary/aromatic N) is 3. The summed E-state index contributed by atoms with van der Waals surface area (Å²) in [6.45, 7) is 4.05. The van der Waals surface area contributed by atoms with Gasteiger partial charge in [0.2, 0.25) is 0 Å². The summed E-state index contributed by atoms with van der Waals surface area (Å²) in [7, 11) is 1.64. The number of aromatic amines is 1. The van der Waals surface area contributed by atoms with Gasteiger partial charge in [0.1, 0.15) is 5.75 Å². The number of H-pyrrole nitrogens is 1. The summed E-state index contributed by atoms with van der Waals surface area (Å²) in [5.41, 5.74) is 3.22. The maximum Gasteiger partial charge on any atom is 0.318 e. The van der Waals surface area contributed by atoms with Crippen molar-refractivity contribution in [1.82, 2.24) is 25.1 Å². The van der Waals surface area contributed by atoms with Crippen LogP contribution >= 0.6 is 0 Å². The van der Waals surface area contributed by atoms with Gasteiger partial charge in [-0.1, -0.05) is 6.92 Å². The number of aromatic nitrogens is 2. The summed E-state index contributed by atoms with van der Waals surface area (Å²) >= 11 is 0. The number of carbonyl (C=O) groups is 2. The fraction of sp³-hybridized carbons (Fsp3) is 0.444. The van der Waals surface area contributed by atoms with Gasteiger partial charge in [-0.15, -0.1) is 0 Å². The van der Waals surface area contributed by atoms with Crippen molar-refractivity contribution in [2.45, 2.75) is 37.6 Å². The van der Waals surface area contributed by atoms with Crippen molar-refractivity contribution in [3.63, 3.8) is 0 Å². The first kappa shape index (κ1) is 24.1. The molecule has 5 rings (SSSR count). The van der Waals surface area contributed by atoms with Crippen molar-refractivity contribution >= 4 is 22.8 Å². The molecule has 190 valence electrons. The molecule has 1 fully saturated rings. The normalized spacial score (nSPS) is 18.8. The van der Waals surface area contributed by atoms with E-state index in [0.29, 0.717) is 44.6 Å². The van der Waals surface area contributed by atoms with Crippen LogP contribution in [0.1, 0.15) is 53.8 Å². The molecule has 36 heavy (non-hydrogen) atoms. The maximum atomic E-state index is 13.2. The first-order valence-corrected chi connectivity index (χ1v) is 12.6. The summed E-state index contributed by atoms with van der Waals surface area (Å²) in [6, 6.07) is 8.79. The van der Waals surface area contributed by atoms with E-state index < -0.39 is 6.04 Å². The number of benzene rings is 1. The lowest BCUT2D eigenvalue weighted by molar-refractivity contribution is 0.0527. The Hall–Kier alpha value is -3.59. The molecule has 3 N–H and O–H groups in total. The van der Waals surface area contributed by atoms with Crippen molar-refractivity contribution in [2.75, 3.05) is 39.9 Å². The second-order valence-corrected chi connectivity index (χ2v) is 9.69. The van der Waals surface area contributed by atoms with E-state index in [4.69, 9.17) is 4.74 Å². The second kappa shape index (κ2) is 9.81. The van der Waals surface area contributed by atoms with Crippen LogP contribution in [0.25, 0.3) is 10.9 Å². The van der Waals surface area contributed by atoms with Gasteiger partial charge in [0.15, 0.2) is 0 Å². The van der Waals surface area contributed by atoms with E-state index in [9.17, 15) is 14.7 Å². The van der Waals surface area contributed by atoms with Crippen molar-refractivity contribution in [3.8, 4) is 5.75 Å². The molecule has 2 aromatic heterocycles. The number of rotatable bonds is 5. The highest BCUT2D eigenvalue weighted by atomic mass is 16.5. The Morgan fingerprint density at radius 2 is 1.97 bits per heavy atom. The number of aliphatic hydroxyl groups excluding tert-OH is 1. The third-order valence-corrected chi connectivity index (χ3v) is 7.64. The summed E-state index contributed by atoms with van der Waals surface area (Å²) in [4.78, 5) is 37.5. The smallest absolute Gasteiger partial charge is 0.318 e. The Labute approximate surface area is 210 Å². The van der Waals surface area contributed by atoms with Crippen LogP contribution < -0.4 is 10.1 Å². The summed E-state index contributed by atoms with van der Waals surface area (Å²) in [6.07, 6.45) is 5.53. The van der Waals surface area contributed by atoms with Gasteiger partial charge in [0.05, 0.1) is 19.8 Å². The first-order valence-electron chi connectivity index (χ1n) is 12.6. The van der Waals surface area contributed by atoms with Crippen LogP contribution in [-0.4, -0.2) is 76.7 Å². The molecule has 1 aromatic carbocycles.